The van der Waals surface area contributed by atoms with Gasteiger partial charge in [0.15, 0.2) is 0 Å². The lowest BCUT2D eigenvalue weighted by molar-refractivity contribution is -0.120. The van der Waals surface area contributed by atoms with Crippen molar-refractivity contribution in [2.75, 3.05) is 18.0 Å². The maximum absolute atomic E-state index is 13.6. The molecular formula is C27H32N2O4S. The number of aryl methyl sites for hydroxylation is 3. The topological polar surface area (TPSA) is 75.7 Å². The van der Waals surface area contributed by atoms with Crippen molar-refractivity contribution in [3.8, 4) is 5.75 Å². The van der Waals surface area contributed by atoms with Gasteiger partial charge in [-0.2, -0.15) is 0 Å². The molecule has 1 N–H and O–H groups in total. The van der Waals surface area contributed by atoms with Crippen LogP contribution in [0.15, 0.2) is 71.6 Å². The normalized spacial score (nSPS) is 12.1. The zero-order valence-corrected chi connectivity index (χ0v) is 21.1. The maximum Gasteiger partial charge on any atom is 0.264 e. The minimum Gasteiger partial charge on any atom is -0.497 e. The molecule has 0 saturated carbocycles. The lowest BCUT2D eigenvalue weighted by Crippen LogP contribution is -2.42. The Kier molecular flexibility index (Phi) is 7.99. The largest absolute Gasteiger partial charge is 0.497 e. The Morgan fingerprint density at radius 3 is 2.03 bits per heavy atom. The number of hydrogen-bond acceptors (Lipinski definition) is 4. The quantitative estimate of drug-likeness (QED) is 0.463. The van der Waals surface area contributed by atoms with E-state index in [1.807, 2.05) is 58.0 Å². The lowest BCUT2D eigenvalue weighted by Gasteiger charge is -2.26. The molecule has 180 valence electrons. The Morgan fingerprint density at radius 2 is 1.50 bits per heavy atom. The van der Waals surface area contributed by atoms with E-state index in [2.05, 4.69) is 5.32 Å². The highest BCUT2D eigenvalue weighted by atomic mass is 32.2. The molecule has 0 spiro atoms. The molecule has 0 aliphatic heterocycles. The highest BCUT2D eigenvalue weighted by molar-refractivity contribution is 7.92. The van der Waals surface area contributed by atoms with E-state index in [1.165, 1.54) is 4.31 Å². The number of methoxy groups -OCH3 is 1. The number of anilines is 1. The van der Waals surface area contributed by atoms with Crippen LogP contribution in [0.2, 0.25) is 0 Å². The number of carbonyl (C=O) groups is 1. The molecule has 0 heterocycles. The van der Waals surface area contributed by atoms with Crippen LogP contribution in [0, 0.1) is 20.8 Å². The monoisotopic (exact) mass is 480 g/mol. The Morgan fingerprint density at radius 1 is 0.912 bits per heavy atom. The molecule has 0 aliphatic carbocycles. The van der Waals surface area contributed by atoms with E-state index in [-0.39, 0.29) is 23.4 Å². The lowest BCUT2D eigenvalue weighted by atomic mass is 10.0. The summed E-state index contributed by atoms with van der Waals surface area (Å²) in [5.41, 5.74) is 4.19. The third-order valence-electron chi connectivity index (χ3n) is 5.65. The number of hydrogen-bond donors (Lipinski definition) is 1. The summed E-state index contributed by atoms with van der Waals surface area (Å²) in [6, 6.07) is 19.4. The average Bonchev–Trinajstić information content (AvgIpc) is 2.80. The predicted octanol–water partition coefficient (Wildman–Crippen LogP) is 5.08. The maximum atomic E-state index is 13.6. The molecule has 7 heteroatoms. The van der Waals surface area contributed by atoms with E-state index >= 15 is 0 Å². The molecule has 0 aliphatic rings. The third-order valence-corrected chi connectivity index (χ3v) is 7.44. The molecular weight excluding hydrogens is 448 g/mol. The van der Waals surface area contributed by atoms with Crippen molar-refractivity contribution in [2.24, 2.45) is 0 Å². The number of benzene rings is 3. The number of amides is 1. The summed E-state index contributed by atoms with van der Waals surface area (Å²) < 4.78 is 33.7. The summed E-state index contributed by atoms with van der Waals surface area (Å²) in [6.45, 7) is 7.36. The van der Waals surface area contributed by atoms with Crippen molar-refractivity contribution in [1.29, 1.82) is 0 Å². The third kappa shape index (κ3) is 5.97. The highest BCUT2D eigenvalue weighted by Gasteiger charge is 2.28. The van der Waals surface area contributed by atoms with Crippen molar-refractivity contribution in [3.05, 3.63) is 89.0 Å². The van der Waals surface area contributed by atoms with Gasteiger partial charge in [0.05, 0.1) is 23.7 Å². The number of nitrogens with one attached hydrogen (secondary N) is 1. The van der Waals surface area contributed by atoms with Gasteiger partial charge in [0.2, 0.25) is 5.91 Å². The fourth-order valence-electron chi connectivity index (χ4n) is 3.87. The highest BCUT2D eigenvalue weighted by Crippen LogP contribution is 2.27. The smallest absolute Gasteiger partial charge is 0.264 e. The van der Waals surface area contributed by atoms with Crippen LogP contribution in [0.5, 0.6) is 5.75 Å². The summed E-state index contributed by atoms with van der Waals surface area (Å²) in [6.07, 6.45) is 0.659. The minimum absolute atomic E-state index is 0.146. The number of rotatable bonds is 9. The van der Waals surface area contributed by atoms with Crippen molar-refractivity contribution in [1.82, 2.24) is 5.32 Å². The van der Waals surface area contributed by atoms with Gasteiger partial charge in [-0.1, -0.05) is 42.8 Å². The van der Waals surface area contributed by atoms with Crippen LogP contribution >= 0.6 is 0 Å². The molecule has 0 bridgehead atoms. The van der Waals surface area contributed by atoms with Crippen LogP contribution < -0.4 is 14.4 Å². The van der Waals surface area contributed by atoms with E-state index in [1.54, 1.807) is 43.5 Å². The number of sulfonamides is 1. The summed E-state index contributed by atoms with van der Waals surface area (Å²) in [5, 5.41) is 3.00. The molecule has 34 heavy (non-hydrogen) atoms. The zero-order valence-electron chi connectivity index (χ0n) is 20.3. The van der Waals surface area contributed by atoms with Gasteiger partial charge in [0.1, 0.15) is 12.3 Å². The van der Waals surface area contributed by atoms with Crippen molar-refractivity contribution in [2.45, 2.75) is 45.1 Å². The van der Waals surface area contributed by atoms with Crippen molar-refractivity contribution >= 4 is 21.6 Å². The molecule has 6 nitrogen and oxygen atoms in total. The Hall–Kier alpha value is -3.32. The van der Waals surface area contributed by atoms with E-state index in [0.29, 0.717) is 12.1 Å². The number of ether oxygens (including phenoxy) is 1. The van der Waals surface area contributed by atoms with Gasteiger partial charge < -0.3 is 10.1 Å². The van der Waals surface area contributed by atoms with Gasteiger partial charge in [-0.25, -0.2) is 8.42 Å². The molecule has 0 radical (unpaired) electrons. The molecule has 0 aromatic heterocycles. The average molecular weight is 481 g/mol. The fraction of sp³-hybridized carbons (Fsp3) is 0.296. The van der Waals surface area contributed by atoms with Crippen molar-refractivity contribution in [3.63, 3.8) is 0 Å². The van der Waals surface area contributed by atoms with Crippen LogP contribution in [-0.2, 0) is 14.8 Å². The van der Waals surface area contributed by atoms with Gasteiger partial charge in [0.25, 0.3) is 10.0 Å². The second kappa shape index (κ2) is 10.7. The molecule has 0 fully saturated rings. The molecule has 0 saturated heterocycles. The van der Waals surface area contributed by atoms with Gasteiger partial charge in [0, 0.05) is 0 Å². The summed E-state index contributed by atoms with van der Waals surface area (Å²) in [4.78, 5) is 13.3. The molecule has 3 aromatic carbocycles. The molecule has 3 rings (SSSR count). The molecule has 1 unspecified atom stereocenters. The number of nitrogens with zero attached hydrogens (tertiary/aromatic N) is 1. The first-order chi connectivity index (χ1) is 16.1. The van der Waals surface area contributed by atoms with E-state index in [0.717, 1.165) is 28.0 Å². The Bertz CT molecular complexity index is 1220. The zero-order chi connectivity index (χ0) is 24.9. The van der Waals surface area contributed by atoms with E-state index < -0.39 is 10.0 Å². The van der Waals surface area contributed by atoms with Gasteiger partial charge in [-0.15, -0.1) is 0 Å². The molecule has 1 atom stereocenters. The van der Waals surface area contributed by atoms with Gasteiger partial charge >= 0.3 is 0 Å². The SMILES string of the molecule is CCC(NC(=O)CN(c1cc(C)cc(C)c1)S(=O)(=O)c1ccc(C)cc1)c1ccc(OC)cc1. The van der Waals surface area contributed by atoms with E-state index in [4.69, 9.17) is 4.74 Å². The van der Waals surface area contributed by atoms with Crippen LogP contribution in [0.4, 0.5) is 5.69 Å². The first-order valence-electron chi connectivity index (χ1n) is 11.2. The van der Waals surface area contributed by atoms with Gasteiger partial charge in [-0.05, 0) is 80.3 Å². The predicted molar refractivity (Wildman–Crippen MR) is 136 cm³/mol. The van der Waals surface area contributed by atoms with Crippen molar-refractivity contribution < 1.29 is 17.9 Å². The number of carbonyl (C=O) groups excluding carboxylic acids is 1. The van der Waals surface area contributed by atoms with Crippen LogP contribution in [0.25, 0.3) is 0 Å². The van der Waals surface area contributed by atoms with Crippen LogP contribution in [0.1, 0.15) is 41.6 Å². The Balaban J connectivity index is 1.92. The standard InChI is InChI=1S/C27H32N2O4S/c1-6-26(22-9-11-24(33-5)12-10-22)28-27(30)18-29(23-16-20(3)15-21(4)17-23)34(31,32)25-13-7-19(2)8-14-25/h7-17,26H,6,18H2,1-5H3,(H,28,30). The first-order valence-corrected chi connectivity index (χ1v) is 12.7. The summed E-state index contributed by atoms with van der Waals surface area (Å²) in [7, 11) is -2.36. The Labute approximate surface area is 202 Å². The fourth-order valence-corrected chi connectivity index (χ4v) is 5.28. The molecule has 1 amide bonds. The summed E-state index contributed by atoms with van der Waals surface area (Å²) in [5.74, 6) is 0.354. The van der Waals surface area contributed by atoms with Crippen LogP contribution in [-0.4, -0.2) is 28.0 Å². The second-order valence-corrected chi connectivity index (χ2v) is 10.3. The minimum atomic E-state index is -3.96. The first kappa shape index (κ1) is 25.3. The molecule has 3 aromatic rings. The van der Waals surface area contributed by atoms with Gasteiger partial charge in [-0.3, -0.25) is 9.10 Å². The van der Waals surface area contributed by atoms with Crippen LogP contribution in [0.3, 0.4) is 0 Å². The van der Waals surface area contributed by atoms with E-state index in [9.17, 15) is 13.2 Å². The second-order valence-electron chi connectivity index (χ2n) is 8.47. The summed E-state index contributed by atoms with van der Waals surface area (Å²) >= 11 is 0.